The third-order valence-corrected chi connectivity index (χ3v) is 1.92. The maximum Gasteiger partial charge on any atom is 0.516 e. The maximum absolute atomic E-state index is 11.4. The van der Waals surface area contributed by atoms with Gasteiger partial charge in [0, 0.05) is 0 Å². The molecule has 5 nitrogen and oxygen atoms in total. The van der Waals surface area contributed by atoms with Crippen molar-refractivity contribution in [2.24, 2.45) is 0 Å². The van der Waals surface area contributed by atoms with Gasteiger partial charge >= 0.3 is 12.1 Å². The molecule has 0 aliphatic carbocycles. The molecule has 1 saturated heterocycles. The zero-order valence-corrected chi connectivity index (χ0v) is 9.33. The van der Waals surface area contributed by atoms with Crippen LogP contribution in [0.4, 0.5) is 4.79 Å². The van der Waals surface area contributed by atoms with Crippen LogP contribution in [0.2, 0.25) is 0 Å². The lowest BCUT2D eigenvalue weighted by Crippen LogP contribution is -2.35. The molecule has 1 fully saturated rings. The molecule has 1 aliphatic heterocycles. The second-order valence-corrected chi connectivity index (χ2v) is 4.53. The van der Waals surface area contributed by atoms with Crippen molar-refractivity contribution in [3.8, 4) is 0 Å². The van der Waals surface area contributed by atoms with Crippen LogP contribution in [0.3, 0.4) is 0 Å². The number of esters is 1. The minimum absolute atomic E-state index is 0.363. The predicted octanol–water partition coefficient (Wildman–Crippen LogP) is 1.22. The van der Waals surface area contributed by atoms with Crippen molar-refractivity contribution in [2.45, 2.75) is 45.3 Å². The van der Waals surface area contributed by atoms with Crippen LogP contribution in [0.15, 0.2) is 0 Å². The molecule has 0 bridgehead atoms. The lowest BCUT2D eigenvalue weighted by atomic mass is 10.2. The number of hydrogen-bond donors (Lipinski definition) is 1. The van der Waals surface area contributed by atoms with E-state index in [2.05, 4.69) is 10.1 Å². The molecule has 0 aromatic heterocycles. The fourth-order valence-electron chi connectivity index (χ4n) is 1.31. The van der Waals surface area contributed by atoms with E-state index >= 15 is 0 Å². The van der Waals surface area contributed by atoms with Gasteiger partial charge in [-0.25, -0.2) is 9.59 Å². The fraction of sp³-hybridized carbons (Fsp3) is 0.800. The Morgan fingerprint density at radius 2 is 2.00 bits per heavy atom. The second-order valence-electron chi connectivity index (χ2n) is 4.53. The van der Waals surface area contributed by atoms with Crippen LogP contribution in [0.25, 0.3) is 0 Å². The maximum atomic E-state index is 11.4. The molecule has 1 atom stereocenters. The largest absolute Gasteiger partial charge is 0.516 e. The Labute approximate surface area is 89.1 Å². The van der Waals surface area contributed by atoms with E-state index in [-0.39, 0.29) is 6.04 Å². The Morgan fingerprint density at radius 1 is 1.33 bits per heavy atom. The molecule has 0 aromatic carbocycles. The van der Waals surface area contributed by atoms with Crippen molar-refractivity contribution >= 4 is 12.1 Å². The Hall–Kier alpha value is -1.10. The minimum atomic E-state index is -0.929. The van der Waals surface area contributed by atoms with Crippen molar-refractivity contribution in [3.63, 3.8) is 0 Å². The number of ether oxygens (including phenoxy) is 2. The van der Waals surface area contributed by atoms with Gasteiger partial charge in [0.05, 0.1) is 0 Å². The Bertz CT molecular complexity index is 251. The van der Waals surface area contributed by atoms with Gasteiger partial charge in [-0.05, 0) is 40.2 Å². The van der Waals surface area contributed by atoms with E-state index in [1.54, 1.807) is 20.8 Å². The number of nitrogens with one attached hydrogen (secondary N) is 1. The Balaban J connectivity index is 2.34. The van der Waals surface area contributed by atoms with Crippen LogP contribution < -0.4 is 5.32 Å². The van der Waals surface area contributed by atoms with E-state index in [0.29, 0.717) is 6.42 Å². The van der Waals surface area contributed by atoms with E-state index in [0.717, 1.165) is 13.0 Å². The summed E-state index contributed by atoms with van der Waals surface area (Å²) in [5.74, 6) is -0.554. The van der Waals surface area contributed by atoms with E-state index in [9.17, 15) is 9.59 Å². The molecule has 1 N–H and O–H groups in total. The quantitative estimate of drug-likeness (QED) is 0.526. The highest BCUT2D eigenvalue weighted by Gasteiger charge is 2.27. The number of carbonyl (C=O) groups excluding carboxylic acids is 2. The standard InChI is InChI=1S/C10H17NO4/c1-10(2,3)15-9(13)14-8(12)7-5-4-6-11-7/h7,11H,4-6H2,1-3H3. The van der Waals surface area contributed by atoms with Crippen LogP contribution in [-0.2, 0) is 14.3 Å². The van der Waals surface area contributed by atoms with E-state index < -0.39 is 17.7 Å². The molecule has 0 aromatic rings. The summed E-state index contributed by atoms with van der Waals surface area (Å²) in [7, 11) is 0. The summed E-state index contributed by atoms with van der Waals surface area (Å²) in [4.78, 5) is 22.5. The first kappa shape index (κ1) is 12.0. The first-order chi connectivity index (χ1) is 6.88. The molecule has 1 heterocycles. The van der Waals surface area contributed by atoms with Gasteiger partial charge in [0.15, 0.2) is 0 Å². The lowest BCUT2D eigenvalue weighted by Gasteiger charge is -2.18. The molecule has 5 heteroatoms. The monoisotopic (exact) mass is 215 g/mol. The summed E-state index contributed by atoms with van der Waals surface area (Å²) < 4.78 is 9.41. The molecule has 1 aliphatic rings. The van der Waals surface area contributed by atoms with Crippen molar-refractivity contribution in [1.29, 1.82) is 0 Å². The number of rotatable bonds is 1. The Kier molecular flexibility index (Phi) is 3.68. The normalized spacial score (nSPS) is 21.1. The van der Waals surface area contributed by atoms with Gasteiger partial charge in [0.1, 0.15) is 11.6 Å². The Morgan fingerprint density at radius 3 is 2.47 bits per heavy atom. The predicted molar refractivity (Wildman–Crippen MR) is 53.4 cm³/mol. The molecular formula is C10H17NO4. The summed E-state index contributed by atoms with van der Waals surface area (Å²) >= 11 is 0. The van der Waals surface area contributed by atoms with Gasteiger partial charge in [-0.2, -0.15) is 0 Å². The first-order valence-corrected chi connectivity index (χ1v) is 5.06. The summed E-state index contributed by atoms with van der Waals surface area (Å²) in [5.41, 5.74) is -0.638. The van der Waals surface area contributed by atoms with E-state index in [1.807, 2.05) is 0 Å². The molecule has 86 valence electrons. The number of carbonyl (C=O) groups is 2. The molecule has 0 amide bonds. The third kappa shape index (κ3) is 4.29. The molecule has 0 spiro atoms. The third-order valence-electron chi connectivity index (χ3n) is 1.92. The van der Waals surface area contributed by atoms with Gasteiger partial charge in [0.2, 0.25) is 0 Å². The van der Waals surface area contributed by atoms with Gasteiger partial charge in [-0.1, -0.05) is 0 Å². The average Bonchev–Trinajstić information content (AvgIpc) is 2.50. The topological polar surface area (TPSA) is 64.6 Å². The fourth-order valence-corrected chi connectivity index (χ4v) is 1.31. The van der Waals surface area contributed by atoms with Gasteiger partial charge in [-0.3, -0.25) is 0 Å². The highest BCUT2D eigenvalue weighted by Crippen LogP contribution is 2.11. The summed E-state index contributed by atoms with van der Waals surface area (Å²) in [6.07, 6.45) is 0.705. The molecule has 1 unspecified atom stereocenters. The molecule has 0 saturated carbocycles. The lowest BCUT2D eigenvalue weighted by molar-refractivity contribution is -0.143. The summed E-state index contributed by atoms with van der Waals surface area (Å²) in [6.45, 7) is 5.93. The van der Waals surface area contributed by atoms with Crippen LogP contribution in [0, 0.1) is 0 Å². The smallest absolute Gasteiger partial charge is 0.428 e. The minimum Gasteiger partial charge on any atom is -0.428 e. The zero-order chi connectivity index (χ0) is 11.5. The molecular weight excluding hydrogens is 198 g/mol. The molecule has 15 heavy (non-hydrogen) atoms. The zero-order valence-electron chi connectivity index (χ0n) is 9.33. The first-order valence-electron chi connectivity index (χ1n) is 5.06. The van der Waals surface area contributed by atoms with Gasteiger partial charge < -0.3 is 14.8 Å². The van der Waals surface area contributed by atoms with Crippen molar-refractivity contribution < 1.29 is 19.1 Å². The van der Waals surface area contributed by atoms with E-state index in [1.165, 1.54) is 0 Å². The molecule has 0 radical (unpaired) electrons. The second kappa shape index (κ2) is 4.61. The van der Waals surface area contributed by atoms with Crippen LogP contribution >= 0.6 is 0 Å². The summed E-state index contributed by atoms with van der Waals surface area (Å²) in [5, 5.41) is 2.94. The highest BCUT2D eigenvalue weighted by molar-refractivity contribution is 5.85. The van der Waals surface area contributed by atoms with Gasteiger partial charge in [-0.15, -0.1) is 0 Å². The highest BCUT2D eigenvalue weighted by atomic mass is 16.7. The van der Waals surface area contributed by atoms with Gasteiger partial charge in [0.25, 0.3) is 0 Å². The average molecular weight is 215 g/mol. The molecule has 1 rings (SSSR count). The number of hydrogen-bond acceptors (Lipinski definition) is 5. The van der Waals surface area contributed by atoms with Crippen molar-refractivity contribution in [2.75, 3.05) is 6.54 Å². The van der Waals surface area contributed by atoms with Crippen LogP contribution in [0.1, 0.15) is 33.6 Å². The van der Waals surface area contributed by atoms with E-state index in [4.69, 9.17) is 4.74 Å². The van der Waals surface area contributed by atoms with Crippen molar-refractivity contribution in [3.05, 3.63) is 0 Å². The SMILES string of the molecule is CC(C)(C)OC(=O)OC(=O)C1CCCN1. The van der Waals surface area contributed by atoms with Crippen LogP contribution in [-0.4, -0.2) is 30.3 Å². The van der Waals surface area contributed by atoms with Crippen molar-refractivity contribution in [1.82, 2.24) is 5.32 Å². The van der Waals surface area contributed by atoms with Crippen LogP contribution in [0.5, 0.6) is 0 Å². The summed E-state index contributed by atoms with van der Waals surface area (Å²) in [6, 6.07) is -0.363.